The molecule has 4 aliphatic rings. The van der Waals surface area contributed by atoms with Crippen molar-refractivity contribution in [3.63, 3.8) is 0 Å². The fourth-order valence-corrected chi connectivity index (χ4v) is 10.2. The highest BCUT2D eigenvalue weighted by Crippen LogP contribution is 2.68. The zero-order valence-corrected chi connectivity index (χ0v) is 25.5. The van der Waals surface area contributed by atoms with E-state index in [0.29, 0.717) is 22.7 Å². The molecule has 4 fully saturated rings. The molecule has 0 aromatic rings. The molecule has 0 bridgehead atoms. The van der Waals surface area contributed by atoms with Gasteiger partial charge >= 0.3 is 0 Å². The lowest BCUT2D eigenvalue weighted by Gasteiger charge is -2.61. The first-order valence-corrected chi connectivity index (χ1v) is 16.0. The Morgan fingerprint density at radius 1 is 0.946 bits per heavy atom. The third kappa shape index (κ3) is 5.80. The van der Waals surface area contributed by atoms with Gasteiger partial charge in [0.25, 0.3) is 0 Å². The van der Waals surface area contributed by atoms with Gasteiger partial charge < -0.3 is 20.4 Å². The summed E-state index contributed by atoms with van der Waals surface area (Å²) < 4.78 is 0. The van der Waals surface area contributed by atoms with Gasteiger partial charge in [-0.05, 0) is 139 Å². The smallest absolute Gasteiger partial charge is 0.225 e. The minimum absolute atomic E-state index is 0.164. The molecule has 5 heteroatoms. The molecule has 0 saturated heterocycles. The third-order valence-corrected chi connectivity index (χ3v) is 12.3. The number of hydrogen-bond donors (Lipinski definition) is 2. The van der Waals surface area contributed by atoms with Gasteiger partial charge in [0.05, 0.1) is 0 Å². The molecule has 4 saturated carbocycles. The lowest BCUT2D eigenvalue weighted by atomic mass is 9.44. The lowest BCUT2D eigenvalue weighted by molar-refractivity contribution is -0.142. The van der Waals surface area contributed by atoms with Crippen LogP contribution in [0.25, 0.3) is 0 Å². The fraction of sp³-hybridized carbons (Fsp3) is 0.969. The van der Waals surface area contributed by atoms with E-state index < -0.39 is 0 Å². The number of fused-ring (bicyclic) bond motifs is 5. The Morgan fingerprint density at radius 2 is 1.68 bits per heavy atom. The molecule has 0 aromatic carbocycles. The van der Waals surface area contributed by atoms with Crippen molar-refractivity contribution in [1.29, 1.82) is 0 Å². The molecule has 0 radical (unpaired) electrons. The van der Waals surface area contributed by atoms with Crippen LogP contribution in [-0.2, 0) is 4.79 Å². The molecular formula is C32H60N4O. The van der Waals surface area contributed by atoms with Crippen molar-refractivity contribution in [2.24, 2.45) is 46.3 Å². The lowest BCUT2D eigenvalue weighted by Crippen LogP contribution is -2.55. The summed E-state index contributed by atoms with van der Waals surface area (Å²) in [5.41, 5.74) is 0.894. The van der Waals surface area contributed by atoms with E-state index >= 15 is 0 Å². The Kier molecular flexibility index (Phi) is 9.71. The van der Waals surface area contributed by atoms with Crippen LogP contribution >= 0.6 is 0 Å². The largest absolute Gasteiger partial charge is 0.343 e. The predicted octanol–water partition coefficient (Wildman–Crippen LogP) is 5.26. The summed E-state index contributed by atoms with van der Waals surface area (Å²) in [6, 6.07) is 0.721. The number of nitrogens with zero attached hydrogens (tertiary/aromatic N) is 2. The van der Waals surface area contributed by atoms with Gasteiger partial charge in [-0.3, -0.25) is 4.79 Å². The molecule has 2 N–H and O–H groups in total. The number of likely N-dealkylation sites (N-methyl/N-ethyl adjacent to an activating group) is 1. The number of rotatable bonds is 11. The molecule has 9 unspecified atom stereocenters. The summed E-state index contributed by atoms with van der Waals surface area (Å²) in [7, 11) is 6.30. The second kappa shape index (κ2) is 12.3. The topological polar surface area (TPSA) is 47.6 Å². The van der Waals surface area contributed by atoms with Crippen molar-refractivity contribution in [3.8, 4) is 0 Å². The number of nitrogens with one attached hydrogen (secondary N) is 2. The monoisotopic (exact) mass is 516 g/mol. The summed E-state index contributed by atoms with van der Waals surface area (Å²) in [4.78, 5) is 18.1. The zero-order valence-electron chi connectivity index (χ0n) is 25.5. The van der Waals surface area contributed by atoms with Gasteiger partial charge in [0.1, 0.15) is 0 Å². The average molecular weight is 517 g/mol. The maximum atomic E-state index is 13.7. The van der Waals surface area contributed by atoms with Crippen molar-refractivity contribution < 1.29 is 4.79 Å². The highest BCUT2D eigenvalue weighted by Gasteiger charge is 2.61. The number of amides is 1. The summed E-state index contributed by atoms with van der Waals surface area (Å²) in [6.45, 7) is 14.7. The van der Waals surface area contributed by atoms with Crippen LogP contribution in [0.4, 0.5) is 0 Å². The minimum atomic E-state index is 0.164. The Bertz CT molecular complexity index is 757. The Balaban J connectivity index is 1.40. The van der Waals surface area contributed by atoms with Crippen LogP contribution in [0.5, 0.6) is 0 Å². The van der Waals surface area contributed by atoms with E-state index in [4.69, 9.17) is 0 Å². The molecule has 0 aliphatic heterocycles. The van der Waals surface area contributed by atoms with Gasteiger partial charge in [0.15, 0.2) is 0 Å². The quantitative estimate of drug-likeness (QED) is 0.368. The van der Waals surface area contributed by atoms with Crippen LogP contribution in [0.1, 0.15) is 91.9 Å². The van der Waals surface area contributed by atoms with Crippen molar-refractivity contribution >= 4 is 5.91 Å². The predicted molar refractivity (Wildman–Crippen MR) is 156 cm³/mol. The van der Waals surface area contributed by atoms with Crippen molar-refractivity contribution in [1.82, 2.24) is 20.4 Å². The Labute approximate surface area is 229 Å². The van der Waals surface area contributed by atoms with Crippen molar-refractivity contribution in [3.05, 3.63) is 0 Å². The van der Waals surface area contributed by atoms with E-state index in [0.717, 1.165) is 68.9 Å². The molecule has 214 valence electrons. The van der Waals surface area contributed by atoms with E-state index in [1.165, 1.54) is 57.8 Å². The summed E-state index contributed by atoms with van der Waals surface area (Å²) in [5, 5.41) is 7.13. The molecule has 37 heavy (non-hydrogen) atoms. The second-order valence-corrected chi connectivity index (χ2v) is 14.3. The normalized spacial score (nSPS) is 40.1. The van der Waals surface area contributed by atoms with Gasteiger partial charge in [-0.1, -0.05) is 20.8 Å². The molecule has 0 spiro atoms. The van der Waals surface area contributed by atoms with E-state index in [9.17, 15) is 4.79 Å². The van der Waals surface area contributed by atoms with Crippen LogP contribution in [0.3, 0.4) is 0 Å². The first-order valence-electron chi connectivity index (χ1n) is 16.0. The molecule has 4 aliphatic carbocycles. The maximum Gasteiger partial charge on any atom is 0.225 e. The van der Waals surface area contributed by atoms with Crippen molar-refractivity contribution in [2.45, 2.75) is 97.9 Å². The second-order valence-electron chi connectivity index (χ2n) is 14.3. The van der Waals surface area contributed by atoms with E-state index in [1.54, 1.807) is 0 Å². The summed E-state index contributed by atoms with van der Waals surface area (Å²) >= 11 is 0. The SMILES string of the molecule is CCN(CCCN(C)C)C(=O)C(C)C1CCC2C3CCC4CC(NCCNC)CCC4(C)C3CCC12C. The van der Waals surface area contributed by atoms with E-state index in [1.807, 2.05) is 7.05 Å². The third-order valence-electron chi connectivity index (χ3n) is 12.3. The number of carbonyl (C=O) groups is 1. The zero-order chi connectivity index (χ0) is 26.8. The van der Waals surface area contributed by atoms with Crippen LogP contribution in [0.2, 0.25) is 0 Å². The standard InChI is InChI=1S/C32H60N4O/c1-8-36(21-9-20-35(6)7)30(37)23(2)27-12-13-28-26-11-10-24-22-25(34-19-18-33-5)14-16-31(24,3)29(26)15-17-32(27,28)4/h23-29,33-34H,8-22H2,1-7H3. The van der Waals surface area contributed by atoms with Gasteiger partial charge in [-0.15, -0.1) is 0 Å². The first-order chi connectivity index (χ1) is 17.7. The molecule has 0 aromatic heterocycles. The van der Waals surface area contributed by atoms with E-state index in [2.05, 4.69) is 62.2 Å². The van der Waals surface area contributed by atoms with Gasteiger partial charge in [-0.2, -0.15) is 0 Å². The van der Waals surface area contributed by atoms with Gasteiger partial charge in [-0.25, -0.2) is 0 Å². The molecule has 1 amide bonds. The number of carbonyl (C=O) groups excluding carboxylic acids is 1. The Morgan fingerprint density at radius 3 is 2.38 bits per heavy atom. The highest BCUT2D eigenvalue weighted by atomic mass is 16.2. The van der Waals surface area contributed by atoms with Crippen LogP contribution < -0.4 is 10.6 Å². The summed E-state index contributed by atoms with van der Waals surface area (Å²) in [5.74, 6) is 4.68. The van der Waals surface area contributed by atoms with Crippen LogP contribution in [-0.4, -0.2) is 75.6 Å². The van der Waals surface area contributed by atoms with Gasteiger partial charge in [0, 0.05) is 38.1 Å². The number of hydrogen-bond acceptors (Lipinski definition) is 4. The Hall–Kier alpha value is -0.650. The highest BCUT2D eigenvalue weighted by molar-refractivity contribution is 5.79. The molecular weight excluding hydrogens is 456 g/mol. The molecule has 4 rings (SSSR count). The van der Waals surface area contributed by atoms with Crippen LogP contribution in [0.15, 0.2) is 0 Å². The fourth-order valence-electron chi connectivity index (χ4n) is 10.2. The van der Waals surface area contributed by atoms with Gasteiger partial charge in [0.2, 0.25) is 5.91 Å². The van der Waals surface area contributed by atoms with E-state index in [-0.39, 0.29) is 5.92 Å². The average Bonchev–Trinajstić information content (AvgIpc) is 3.23. The molecule has 0 heterocycles. The maximum absolute atomic E-state index is 13.7. The minimum Gasteiger partial charge on any atom is -0.343 e. The molecule has 9 atom stereocenters. The summed E-state index contributed by atoms with van der Waals surface area (Å²) in [6.07, 6.45) is 13.5. The molecule has 5 nitrogen and oxygen atoms in total. The van der Waals surface area contributed by atoms with Crippen LogP contribution in [0, 0.1) is 46.3 Å². The first kappa shape index (κ1) is 29.3. The van der Waals surface area contributed by atoms with Crippen molar-refractivity contribution in [2.75, 3.05) is 53.9 Å².